The van der Waals surface area contributed by atoms with Gasteiger partial charge < -0.3 is 14.4 Å². The van der Waals surface area contributed by atoms with Gasteiger partial charge in [-0.2, -0.15) is 0 Å². The lowest BCUT2D eigenvalue weighted by Gasteiger charge is -2.21. The number of nitrogens with zero attached hydrogens (tertiary/aromatic N) is 1. The lowest BCUT2D eigenvalue weighted by atomic mass is 10.2. The number of amides is 1. The Morgan fingerprint density at radius 3 is 2.44 bits per heavy atom. The zero-order valence-electron chi connectivity index (χ0n) is 15.3. The predicted octanol–water partition coefficient (Wildman–Crippen LogP) is 2.67. The van der Waals surface area contributed by atoms with Crippen LogP contribution in [0.4, 0.5) is 0 Å². The molecule has 1 amide bonds. The fourth-order valence-electron chi connectivity index (χ4n) is 2.89. The van der Waals surface area contributed by atoms with Gasteiger partial charge in [-0.25, -0.2) is 8.42 Å². The number of ether oxygens (including phenoxy) is 2. The third-order valence-electron chi connectivity index (χ3n) is 4.41. The van der Waals surface area contributed by atoms with Crippen molar-refractivity contribution in [3.05, 3.63) is 54.1 Å². The summed E-state index contributed by atoms with van der Waals surface area (Å²) in [5.74, 6) is 0.545. The molecule has 0 bridgehead atoms. The maximum absolute atomic E-state index is 12.6. The van der Waals surface area contributed by atoms with Gasteiger partial charge in [0.2, 0.25) is 5.91 Å². The second-order valence-electron chi connectivity index (χ2n) is 6.27. The van der Waals surface area contributed by atoms with Gasteiger partial charge in [-0.05, 0) is 24.6 Å². The summed E-state index contributed by atoms with van der Waals surface area (Å²) >= 11 is 0. The van der Waals surface area contributed by atoms with Crippen LogP contribution in [0, 0.1) is 0 Å². The molecule has 0 spiro atoms. The van der Waals surface area contributed by atoms with Crippen molar-refractivity contribution in [1.82, 2.24) is 4.90 Å². The average molecular weight is 389 g/mol. The Morgan fingerprint density at radius 2 is 1.74 bits per heavy atom. The van der Waals surface area contributed by atoms with E-state index in [1.165, 1.54) is 12.1 Å². The number of sulfone groups is 1. The maximum atomic E-state index is 12.6. The van der Waals surface area contributed by atoms with Crippen molar-refractivity contribution in [3.63, 3.8) is 0 Å². The molecule has 6 nitrogen and oxygen atoms in total. The van der Waals surface area contributed by atoms with Crippen molar-refractivity contribution in [2.45, 2.75) is 24.8 Å². The molecule has 0 aromatic heterocycles. The van der Waals surface area contributed by atoms with E-state index < -0.39 is 9.84 Å². The number of carbonyl (C=O) groups is 1. The van der Waals surface area contributed by atoms with Crippen molar-refractivity contribution < 1.29 is 22.7 Å². The van der Waals surface area contributed by atoms with E-state index in [1.54, 1.807) is 11.0 Å². The standard InChI is InChI=1S/C20H23NO5S/c1-2-21(15-16-6-4-3-5-7-16)20(22)10-13-27(23,24)17-8-9-18-19(14-17)26-12-11-25-18/h3-9,14H,2,10-13,15H2,1H3. The average Bonchev–Trinajstić information content (AvgIpc) is 2.70. The minimum absolute atomic E-state index is 0.0581. The minimum Gasteiger partial charge on any atom is -0.486 e. The van der Waals surface area contributed by atoms with E-state index >= 15 is 0 Å². The summed E-state index contributed by atoms with van der Waals surface area (Å²) in [4.78, 5) is 14.3. The molecule has 1 heterocycles. The molecule has 144 valence electrons. The summed E-state index contributed by atoms with van der Waals surface area (Å²) in [5.41, 5.74) is 1.02. The summed E-state index contributed by atoms with van der Waals surface area (Å²) in [5, 5.41) is 0. The van der Waals surface area contributed by atoms with Crippen LogP contribution in [0.5, 0.6) is 11.5 Å². The minimum atomic E-state index is -3.59. The highest BCUT2D eigenvalue weighted by atomic mass is 32.2. The van der Waals surface area contributed by atoms with Gasteiger partial charge in [-0.3, -0.25) is 4.79 Å². The third kappa shape index (κ3) is 4.80. The first-order valence-corrected chi connectivity index (χ1v) is 10.6. The third-order valence-corrected chi connectivity index (χ3v) is 6.12. The topological polar surface area (TPSA) is 72.9 Å². The van der Waals surface area contributed by atoms with Gasteiger partial charge >= 0.3 is 0 Å². The highest BCUT2D eigenvalue weighted by molar-refractivity contribution is 7.91. The van der Waals surface area contributed by atoms with E-state index in [9.17, 15) is 13.2 Å². The monoisotopic (exact) mass is 389 g/mol. The van der Waals surface area contributed by atoms with E-state index in [1.807, 2.05) is 37.3 Å². The summed E-state index contributed by atoms with van der Waals surface area (Å²) < 4.78 is 36.1. The molecule has 1 aliphatic rings. The quantitative estimate of drug-likeness (QED) is 0.728. The second kappa shape index (κ2) is 8.43. The lowest BCUT2D eigenvalue weighted by molar-refractivity contribution is -0.131. The van der Waals surface area contributed by atoms with Crippen LogP contribution >= 0.6 is 0 Å². The summed E-state index contributed by atoms with van der Waals surface area (Å²) in [6.45, 7) is 3.72. The van der Waals surface area contributed by atoms with Crippen LogP contribution in [0.2, 0.25) is 0 Å². The van der Waals surface area contributed by atoms with Gasteiger partial charge in [0.25, 0.3) is 0 Å². The number of hydrogen-bond donors (Lipinski definition) is 0. The van der Waals surface area contributed by atoms with E-state index in [2.05, 4.69) is 0 Å². The first-order valence-electron chi connectivity index (χ1n) is 8.93. The van der Waals surface area contributed by atoms with Crippen molar-refractivity contribution in [3.8, 4) is 11.5 Å². The van der Waals surface area contributed by atoms with Gasteiger partial charge in [0.1, 0.15) is 13.2 Å². The molecular formula is C20H23NO5S. The molecule has 2 aromatic carbocycles. The number of carbonyl (C=O) groups excluding carboxylic acids is 1. The fraction of sp³-hybridized carbons (Fsp3) is 0.350. The number of rotatable bonds is 7. The molecule has 0 saturated heterocycles. The molecule has 0 atom stereocenters. The van der Waals surface area contributed by atoms with Crippen LogP contribution < -0.4 is 9.47 Å². The Hall–Kier alpha value is -2.54. The Kier molecular flexibility index (Phi) is 6.01. The summed E-state index contributed by atoms with van der Waals surface area (Å²) in [6, 6.07) is 14.2. The number of fused-ring (bicyclic) bond motifs is 1. The van der Waals surface area contributed by atoms with Crippen molar-refractivity contribution in [1.29, 1.82) is 0 Å². The molecular weight excluding hydrogens is 366 g/mol. The maximum Gasteiger partial charge on any atom is 0.223 e. The van der Waals surface area contributed by atoms with E-state index in [0.29, 0.717) is 37.8 Å². The molecule has 1 aliphatic heterocycles. The van der Waals surface area contributed by atoms with Crippen LogP contribution in [0.1, 0.15) is 18.9 Å². The molecule has 7 heteroatoms. The molecule has 2 aromatic rings. The van der Waals surface area contributed by atoms with Crippen LogP contribution in [0.25, 0.3) is 0 Å². The van der Waals surface area contributed by atoms with Crippen molar-refractivity contribution in [2.24, 2.45) is 0 Å². The van der Waals surface area contributed by atoms with Gasteiger partial charge in [0.05, 0.1) is 10.6 Å². The van der Waals surface area contributed by atoms with Crippen LogP contribution in [-0.4, -0.2) is 44.7 Å². The van der Waals surface area contributed by atoms with Gasteiger partial charge in [0, 0.05) is 25.6 Å². The van der Waals surface area contributed by atoms with Gasteiger partial charge in [-0.1, -0.05) is 30.3 Å². The Labute approximate surface area is 159 Å². The molecule has 0 aliphatic carbocycles. The zero-order valence-corrected chi connectivity index (χ0v) is 16.1. The smallest absolute Gasteiger partial charge is 0.223 e. The van der Waals surface area contributed by atoms with E-state index in [0.717, 1.165) is 5.56 Å². The van der Waals surface area contributed by atoms with Crippen LogP contribution in [0.15, 0.2) is 53.4 Å². The summed E-state index contributed by atoms with van der Waals surface area (Å²) in [6.07, 6.45) is -0.0581. The van der Waals surface area contributed by atoms with E-state index in [4.69, 9.17) is 9.47 Å². The fourth-order valence-corrected chi connectivity index (χ4v) is 4.14. The largest absolute Gasteiger partial charge is 0.486 e. The normalized spacial score (nSPS) is 13.2. The second-order valence-corrected chi connectivity index (χ2v) is 8.38. The first-order chi connectivity index (χ1) is 13.0. The molecule has 0 fully saturated rings. The number of hydrogen-bond acceptors (Lipinski definition) is 5. The molecule has 0 unspecified atom stereocenters. The van der Waals surface area contributed by atoms with Gasteiger partial charge in [-0.15, -0.1) is 0 Å². The van der Waals surface area contributed by atoms with Crippen molar-refractivity contribution >= 4 is 15.7 Å². The molecule has 0 radical (unpaired) electrons. The SMILES string of the molecule is CCN(Cc1ccccc1)C(=O)CCS(=O)(=O)c1ccc2c(c1)OCCO2. The lowest BCUT2D eigenvalue weighted by Crippen LogP contribution is -2.31. The summed E-state index contributed by atoms with van der Waals surface area (Å²) in [7, 11) is -3.59. The number of benzene rings is 2. The van der Waals surface area contributed by atoms with Crippen LogP contribution in [0.3, 0.4) is 0 Å². The molecule has 0 saturated carbocycles. The zero-order chi connectivity index (χ0) is 19.3. The molecule has 0 N–H and O–H groups in total. The predicted molar refractivity (Wildman–Crippen MR) is 102 cm³/mol. The molecule has 27 heavy (non-hydrogen) atoms. The highest BCUT2D eigenvalue weighted by Gasteiger charge is 2.22. The highest BCUT2D eigenvalue weighted by Crippen LogP contribution is 2.32. The molecule has 3 rings (SSSR count). The Morgan fingerprint density at radius 1 is 1.04 bits per heavy atom. The van der Waals surface area contributed by atoms with E-state index in [-0.39, 0.29) is 23.0 Å². The van der Waals surface area contributed by atoms with Gasteiger partial charge in [0.15, 0.2) is 21.3 Å². The Bertz CT molecular complexity index is 896. The first kappa shape index (κ1) is 19.2. The van der Waals surface area contributed by atoms with Crippen molar-refractivity contribution in [2.75, 3.05) is 25.5 Å². The Balaban J connectivity index is 1.64. The van der Waals surface area contributed by atoms with Crippen LogP contribution in [-0.2, 0) is 21.2 Å².